The number of carboxylic acid groups (broad SMARTS) is 1. The first-order valence-corrected chi connectivity index (χ1v) is 6.09. The molecular weight excluding hydrogens is 238 g/mol. The van der Waals surface area contributed by atoms with Gasteiger partial charge in [0.05, 0.1) is 11.4 Å². The highest BCUT2D eigenvalue weighted by atomic mass is 32.1. The average molecular weight is 253 g/mol. The predicted molar refractivity (Wildman–Crippen MR) is 69.6 cm³/mol. The van der Waals surface area contributed by atoms with E-state index in [2.05, 4.69) is 10.2 Å². The van der Waals surface area contributed by atoms with Gasteiger partial charge in [-0.3, -0.25) is 0 Å². The Morgan fingerprint density at radius 2 is 1.88 bits per heavy atom. The van der Waals surface area contributed by atoms with Crippen molar-refractivity contribution < 1.29 is 9.90 Å². The normalized spacial score (nSPS) is 9.88. The van der Waals surface area contributed by atoms with Crippen LogP contribution in [0, 0.1) is 13.8 Å². The number of anilines is 1. The van der Waals surface area contributed by atoms with Crippen LogP contribution in [-0.2, 0) is 0 Å². The summed E-state index contributed by atoms with van der Waals surface area (Å²) in [6.07, 6.45) is 0. The van der Waals surface area contributed by atoms with E-state index in [0.29, 0.717) is 10.2 Å². The molecule has 0 aliphatic carbocycles. The zero-order valence-corrected chi connectivity index (χ0v) is 11.1. The quantitative estimate of drug-likeness (QED) is 0.815. The third kappa shape index (κ3) is 2.21. The lowest BCUT2D eigenvalue weighted by atomic mass is 10.1. The number of aryl methyl sites for hydroxylation is 2. The number of carbonyl (C=O) groups is 1. The van der Waals surface area contributed by atoms with Crippen molar-refractivity contribution in [2.45, 2.75) is 27.7 Å². The van der Waals surface area contributed by atoms with Crippen LogP contribution >= 0.6 is 11.3 Å². The van der Waals surface area contributed by atoms with Crippen molar-refractivity contribution in [3.8, 4) is 0 Å². The molecule has 3 N–H and O–H groups in total. The van der Waals surface area contributed by atoms with Crippen molar-refractivity contribution in [2.24, 2.45) is 0 Å². The fraction of sp³-hybridized carbons (Fsp3) is 0.364. The second-order valence-corrected chi connectivity index (χ2v) is 4.24. The maximum atomic E-state index is 10.9. The molecule has 0 atom stereocenters. The van der Waals surface area contributed by atoms with E-state index in [9.17, 15) is 4.79 Å². The zero-order valence-electron chi connectivity index (χ0n) is 10.2. The Bertz CT molecular complexity index is 563. The van der Waals surface area contributed by atoms with Crippen LogP contribution in [0.15, 0.2) is 0 Å². The number of thiophene rings is 1. The highest BCUT2D eigenvalue weighted by molar-refractivity contribution is 7.21. The summed E-state index contributed by atoms with van der Waals surface area (Å²) in [4.78, 5) is 11.6. The molecule has 0 aliphatic rings. The molecule has 0 bridgehead atoms. The molecule has 0 amide bonds. The molecule has 0 unspecified atom stereocenters. The minimum absolute atomic E-state index is 0.132. The topological polar surface area (TPSA) is 89.1 Å². The maximum absolute atomic E-state index is 10.9. The number of nitrogens with zero attached hydrogens (tertiary/aromatic N) is 2. The Balaban J connectivity index is 0.000000686. The van der Waals surface area contributed by atoms with Gasteiger partial charge in [-0.1, -0.05) is 13.8 Å². The largest absolute Gasteiger partial charge is 0.477 e. The van der Waals surface area contributed by atoms with Crippen LogP contribution in [0.1, 0.15) is 34.8 Å². The summed E-state index contributed by atoms with van der Waals surface area (Å²) in [5.74, 6) is -1.02. The van der Waals surface area contributed by atoms with E-state index in [-0.39, 0.29) is 10.6 Å². The first-order chi connectivity index (χ1) is 8.02. The molecular formula is C11H15N3O2S. The standard InChI is InChI=1S/C9H9N3O2S.C2H6/c1-3-4(2)11-12-8-5(3)6(10)7(15-8)9(13)14;1-2/h10H2,1-2H3,(H,13,14);1-2H3. The Kier molecular flexibility index (Phi) is 4.01. The lowest BCUT2D eigenvalue weighted by molar-refractivity contribution is 0.0703. The Morgan fingerprint density at radius 3 is 2.41 bits per heavy atom. The first-order valence-electron chi connectivity index (χ1n) is 5.27. The number of aromatic nitrogens is 2. The van der Waals surface area contributed by atoms with Crippen LogP contribution in [0.3, 0.4) is 0 Å². The Hall–Kier alpha value is -1.69. The number of hydrogen-bond acceptors (Lipinski definition) is 5. The van der Waals surface area contributed by atoms with E-state index >= 15 is 0 Å². The van der Waals surface area contributed by atoms with Gasteiger partial charge < -0.3 is 10.8 Å². The molecule has 2 rings (SSSR count). The summed E-state index contributed by atoms with van der Waals surface area (Å²) in [5, 5.41) is 17.5. The van der Waals surface area contributed by atoms with E-state index in [4.69, 9.17) is 10.8 Å². The van der Waals surface area contributed by atoms with Gasteiger partial charge in [0.25, 0.3) is 0 Å². The molecule has 2 aromatic heterocycles. The van der Waals surface area contributed by atoms with Crippen molar-refractivity contribution in [1.29, 1.82) is 0 Å². The number of fused-ring (bicyclic) bond motifs is 1. The minimum atomic E-state index is -1.02. The van der Waals surface area contributed by atoms with E-state index < -0.39 is 5.97 Å². The third-order valence-electron chi connectivity index (χ3n) is 2.33. The van der Waals surface area contributed by atoms with Crippen molar-refractivity contribution in [3.05, 3.63) is 16.1 Å². The Morgan fingerprint density at radius 1 is 1.29 bits per heavy atom. The van der Waals surface area contributed by atoms with Gasteiger partial charge in [-0.2, -0.15) is 5.10 Å². The third-order valence-corrected chi connectivity index (χ3v) is 3.41. The lowest BCUT2D eigenvalue weighted by Crippen LogP contribution is -1.98. The van der Waals surface area contributed by atoms with Gasteiger partial charge in [0.2, 0.25) is 0 Å². The van der Waals surface area contributed by atoms with Gasteiger partial charge in [-0.05, 0) is 19.4 Å². The smallest absolute Gasteiger partial charge is 0.348 e. The van der Waals surface area contributed by atoms with Gasteiger partial charge in [-0.25, -0.2) is 4.79 Å². The number of rotatable bonds is 1. The molecule has 0 aliphatic heterocycles. The van der Waals surface area contributed by atoms with Gasteiger partial charge in [0, 0.05) is 5.39 Å². The summed E-state index contributed by atoms with van der Waals surface area (Å²) in [5.41, 5.74) is 7.72. The molecule has 17 heavy (non-hydrogen) atoms. The van der Waals surface area contributed by atoms with Crippen LogP contribution in [0.2, 0.25) is 0 Å². The van der Waals surface area contributed by atoms with Crippen molar-refractivity contribution >= 4 is 33.2 Å². The van der Waals surface area contributed by atoms with Crippen LogP contribution in [0.5, 0.6) is 0 Å². The van der Waals surface area contributed by atoms with E-state index in [1.165, 1.54) is 0 Å². The summed E-state index contributed by atoms with van der Waals surface area (Å²) in [7, 11) is 0. The fourth-order valence-electron chi connectivity index (χ4n) is 1.40. The van der Waals surface area contributed by atoms with Crippen LogP contribution < -0.4 is 5.73 Å². The molecule has 0 saturated carbocycles. The van der Waals surface area contributed by atoms with Gasteiger partial charge >= 0.3 is 5.97 Å². The van der Waals surface area contributed by atoms with Crippen molar-refractivity contribution in [2.75, 3.05) is 5.73 Å². The molecule has 92 valence electrons. The van der Waals surface area contributed by atoms with E-state index in [1.807, 2.05) is 27.7 Å². The van der Waals surface area contributed by atoms with E-state index in [0.717, 1.165) is 22.6 Å². The Labute approximate surface area is 103 Å². The molecule has 2 aromatic rings. The predicted octanol–water partition coefficient (Wildman–Crippen LogP) is 2.61. The maximum Gasteiger partial charge on any atom is 0.348 e. The van der Waals surface area contributed by atoms with E-state index in [1.54, 1.807) is 0 Å². The average Bonchev–Trinajstić information content (AvgIpc) is 2.65. The zero-order chi connectivity index (χ0) is 13.2. The second kappa shape index (κ2) is 5.09. The monoisotopic (exact) mass is 253 g/mol. The molecule has 6 heteroatoms. The SMILES string of the molecule is CC.Cc1nnc2sc(C(=O)O)c(N)c2c1C. The lowest BCUT2D eigenvalue weighted by Gasteiger charge is -1.99. The van der Waals surface area contributed by atoms with Gasteiger partial charge in [-0.15, -0.1) is 16.4 Å². The van der Waals surface area contributed by atoms with Crippen LogP contribution in [0.4, 0.5) is 5.69 Å². The molecule has 2 heterocycles. The summed E-state index contributed by atoms with van der Waals surface area (Å²) >= 11 is 1.06. The summed E-state index contributed by atoms with van der Waals surface area (Å²) in [6.45, 7) is 7.68. The van der Waals surface area contributed by atoms with Crippen molar-refractivity contribution in [3.63, 3.8) is 0 Å². The molecule has 5 nitrogen and oxygen atoms in total. The molecule has 0 spiro atoms. The minimum Gasteiger partial charge on any atom is -0.477 e. The van der Waals surface area contributed by atoms with Crippen LogP contribution in [-0.4, -0.2) is 21.3 Å². The summed E-state index contributed by atoms with van der Waals surface area (Å²) in [6, 6.07) is 0. The number of carboxylic acids is 1. The number of hydrogen-bond donors (Lipinski definition) is 2. The second-order valence-electron chi connectivity index (χ2n) is 3.24. The highest BCUT2D eigenvalue weighted by Gasteiger charge is 2.18. The number of nitrogens with two attached hydrogens (primary N) is 1. The van der Waals surface area contributed by atoms with Crippen molar-refractivity contribution in [1.82, 2.24) is 10.2 Å². The number of aromatic carboxylic acids is 1. The van der Waals surface area contributed by atoms with Gasteiger partial charge in [0.1, 0.15) is 9.71 Å². The molecule has 0 saturated heterocycles. The molecule has 0 radical (unpaired) electrons. The number of nitrogen functional groups attached to an aromatic ring is 1. The van der Waals surface area contributed by atoms with Gasteiger partial charge in [0.15, 0.2) is 0 Å². The van der Waals surface area contributed by atoms with Crippen LogP contribution in [0.25, 0.3) is 10.2 Å². The fourth-order valence-corrected chi connectivity index (χ4v) is 2.34. The summed E-state index contributed by atoms with van der Waals surface area (Å²) < 4.78 is 0. The highest BCUT2D eigenvalue weighted by Crippen LogP contribution is 2.34. The first kappa shape index (κ1) is 13.4. The molecule has 0 fully saturated rings. The molecule has 0 aromatic carbocycles.